The topological polar surface area (TPSA) is 69.0 Å². The van der Waals surface area contributed by atoms with E-state index in [-0.39, 0.29) is 5.82 Å². The van der Waals surface area contributed by atoms with Crippen molar-refractivity contribution in [1.29, 1.82) is 0 Å². The highest BCUT2D eigenvalue weighted by atomic mass is 32.2. The molecule has 1 aromatic heterocycles. The van der Waals surface area contributed by atoms with Gasteiger partial charge in [-0.15, -0.1) is 5.10 Å². The quantitative estimate of drug-likeness (QED) is 0.687. The largest absolute Gasteiger partial charge is 0.466 e. The second-order valence-corrected chi connectivity index (χ2v) is 5.75. The Morgan fingerprint density at radius 1 is 1.39 bits per heavy atom. The molecule has 2 aromatic rings. The number of halogens is 1. The second-order valence-electron chi connectivity index (χ2n) is 4.98. The molecule has 0 saturated carbocycles. The molecule has 1 atom stereocenters. The first-order chi connectivity index (χ1) is 11.0. The van der Waals surface area contributed by atoms with Crippen molar-refractivity contribution in [3.05, 3.63) is 46.9 Å². The number of benzene rings is 1. The number of ether oxygens (including phenoxy) is 1. The summed E-state index contributed by atoms with van der Waals surface area (Å²) in [4.78, 5) is 16.6. The number of nitrogens with zero attached hydrogens (tertiary/aromatic N) is 3. The Balaban J connectivity index is 2.18. The Hall–Kier alpha value is -2.35. The normalized spacial score (nSPS) is 16.8. The van der Waals surface area contributed by atoms with E-state index in [1.807, 2.05) is 6.26 Å². The molecule has 0 fully saturated rings. The fourth-order valence-corrected chi connectivity index (χ4v) is 2.89. The van der Waals surface area contributed by atoms with E-state index in [0.29, 0.717) is 22.4 Å². The van der Waals surface area contributed by atoms with Crippen LogP contribution in [0.15, 0.2) is 40.7 Å². The van der Waals surface area contributed by atoms with E-state index in [1.165, 1.54) is 31.0 Å². The lowest BCUT2D eigenvalue weighted by molar-refractivity contribution is -0.136. The van der Waals surface area contributed by atoms with E-state index in [2.05, 4.69) is 15.4 Å². The molecule has 23 heavy (non-hydrogen) atoms. The van der Waals surface area contributed by atoms with Crippen molar-refractivity contribution in [3.8, 4) is 0 Å². The fraction of sp³-hybridized carbons (Fsp3) is 0.267. The third-order valence-corrected chi connectivity index (χ3v) is 4.14. The number of nitrogens with one attached hydrogen (secondary N) is 1. The zero-order valence-corrected chi connectivity index (χ0v) is 13.6. The van der Waals surface area contributed by atoms with Gasteiger partial charge in [-0.1, -0.05) is 23.9 Å². The molecule has 1 N–H and O–H groups in total. The van der Waals surface area contributed by atoms with Crippen LogP contribution in [-0.2, 0) is 9.53 Å². The molecule has 0 radical (unpaired) electrons. The zero-order chi connectivity index (χ0) is 16.6. The van der Waals surface area contributed by atoms with Gasteiger partial charge in [0.1, 0.15) is 11.9 Å². The molecule has 2 heterocycles. The zero-order valence-electron chi connectivity index (χ0n) is 12.8. The van der Waals surface area contributed by atoms with Crippen LogP contribution in [0, 0.1) is 5.82 Å². The minimum atomic E-state index is -0.521. The summed E-state index contributed by atoms with van der Waals surface area (Å²) in [5.74, 6) is -0.267. The number of esters is 1. The molecule has 0 aliphatic carbocycles. The molecule has 0 unspecified atom stereocenters. The van der Waals surface area contributed by atoms with E-state index < -0.39 is 12.0 Å². The number of hydrogen-bond donors (Lipinski definition) is 1. The second kappa shape index (κ2) is 6.04. The van der Waals surface area contributed by atoms with Crippen LogP contribution in [0.25, 0.3) is 0 Å². The number of carbonyl (C=O) groups is 1. The molecular weight excluding hydrogens is 319 g/mol. The summed E-state index contributed by atoms with van der Waals surface area (Å²) in [6.45, 7) is 1.78. The van der Waals surface area contributed by atoms with Crippen molar-refractivity contribution in [3.63, 3.8) is 0 Å². The Labute approximate surface area is 136 Å². The van der Waals surface area contributed by atoms with Crippen LogP contribution in [0.1, 0.15) is 18.5 Å². The van der Waals surface area contributed by atoms with Crippen molar-refractivity contribution in [2.24, 2.45) is 0 Å². The molecule has 0 bridgehead atoms. The van der Waals surface area contributed by atoms with Crippen LogP contribution in [0.5, 0.6) is 0 Å². The summed E-state index contributed by atoms with van der Waals surface area (Å²) in [7, 11) is 1.33. The maximum absolute atomic E-state index is 13.3. The predicted octanol–water partition coefficient (Wildman–Crippen LogP) is 2.60. The van der Waals surface area contributed by atoms with Gasteiger partial charge in [0.15, 0.2) is 0 Å². The monoisotopic (exact) mass is 334 g/mol. The molecule has 6 nitrogen and oxygen atoms in total. The minimum Gasteiger partial charge on any atom is -0.466 e. The molecule has 1 aromatic carbocycles. The van der Waals surface area contributed by atoms with Crippen LogP contribution in [-0.4, -0.2) is 34.1 Å². The Kier molecular flexibility index (Phi) is 4.08. The van der Waals surface area contributed by atoms with Crippen molar-refractivity contribution >= 4 is 23.7 Å². The Morgan fingerprint density at radius 2 is 2.09 bits per heavy atom. The average Bonchev–Trinajstić information content (AvgIpc) is 2.96. The summed E-state index contributed by atoms with van der Waals surface area (Å²) < 4.78 is 19.8. The molecule has 3 rings (SSSR count). The molecule has 120 valence electrons. The average molecular weight is 334 g/mol. The Bertz CT molecular complexity index is 785. The molecule has 1 aliphatic heterocycles. The van der Waals surface area contributed by atoms with Gasteiger partial charge >= 0.3 is 5.97 Å². The number of thioether (sulfide) groups is 1. The van der Waals surface area contributed by atoms with E-state index in [9.17, 15) is 9.18 Å². The first kappa shape index (κ1) is 15.5. The first-order valence-corrected chi connectivity index (χ1v) is 8.09. The highest BCUT2D eigenvalue weighted by Crippen LogP contribution is 2.36. The van der Waals surface area contributed by atoms with E-state index >= 15 is 0 Å². The van der Waals surface area contributed by atoms with Gasteiger partial charge in [-0.2, -0.15) is 4.98 Å². The predicted molar refractivity (Wildman–Crippen MR) is 84.7 cm³/mol. The van der Waals surface area contributed by atoms with Crippen molar-refractivity contribution in [2.75, 3.05) is 18.7 Å². The molecule has 0 amide bonds. The van der Waals surface area contributed by atoms with Gasteiger partial charge < -0.3 is 10.1 Å². The third-order valence-electron chi connectivity index (χ3n) is 3.61. The highest BCUT2D eigenvalue weighted by Gasteiger charge is 2.34. The number of fused-ring (bicyclic) bond motifs is 1. The smallest absolute Gasteiger partial charge is 0.338 e. The SMILES string of the molecule is COC(=O)C1=C(C)Nc2nc(SC)nn2[C@H]1c1ccc(F)cc1. The van der Waals surface area contributed by atoms with Crippen LogP contribution in [0.3, 0.4) is 0 Å². The van der Waals surface area contributed by atoms with Gasteiger partial charge in [0.25, 0.3) is 0 Å². The van der Waals surface area contributed by atoms with Crippen molar-refractivity contribution < 1.29 is 13.9 Å². The maximum Gasteiger partial charge on any atom is 0.338 e. The Morgan fingerprint density at radius 3 is 2.70 bits per heavy atom. The number of aromatic nitrogens is 3. The summed E-state index contributed by atoms with van der Waals surface area (Å²) in [5.41, 5.74) is 1.79. The van der Waals surface area contributed by atoms with Gasteiger partial charge in [-0.05, 0) is 30.9 Å². The number of allylic oxidation sites excluding steroid dienone is 1. The standard InChI is InChI=1S/C15H15FN4O2S/c1-8-11(13(21)22-2)12(9-4-6-10(16)7-5-9)20-14(17-8)18-15(19-20)23-3/h4-7,12H,1-3H3,(H,17,18,19)/t12-/m0/s1. The fourth-order valence-electron chi connectivity index (χ4n) is 2.55. The van der Waals surface area contributed by atoms with Gasteiger partial charge in [0.2, 0.25) is 11.1 Å². The number of anilines is 1. The summed E-state index contributed by atoms with van der Waals surface area (Å²) in [6, 6.07) is 5.45. The number of carbonyl (C=O) groups excluding carboxylic acids is 1. The number of hydrogen-bond acceptors (Lipinski definition) is 6. The van der Waals surface area contributed by atoms with Crippen molar-refractivity contribution in [1.82, 2.24) is 14.8 Å². The molecular formula is C15H15FN4O2S. The van der Waals surface area contributed by atoms with Gasteiger partial charge in [-0.25, -0.2) is 13.9 Å². The van der Waals surface area contributed by atoms with Crippen LogP contribution in [0.2, 0.25) is 0 Å². The minimum absolute atomic E-state index is 0.341. The molecule has 0 saturated heterocycles. The summed E-state index contributed by atoms with van der Waals surface area (Å²) in [5, 5.41) is 8.07. The molecule has 8 heteroatoms. The van der Waals surface area contributed by atoms with E-state index in [4.69, 9.17) is 4.74 Å². The van der Waals surface area contributed by atoms with Crippen LogP contribution >= 0.6 is 11.8 Å². The number of methoxy groups -OCH3 is 1. The highest BCUT2D eigenvalue weighted by molar-refractivity contribution is 7.98. The van der Waals surface area contributed by atoms with Crippen LogP contribution in [0.4, 0.5) is 10.3 Å². The van der Waals surface area contributed by atoms with Gasteiger partial charge in [0.05, 0.1) is 12.7 Å². The molecule has 0 spiro atoms. The van der Waals surface area contributed by atoms with Crippen LogP contribution < -0.4 is 5.32 Å². The first-order valence-electron chi connectivity index (χ1n) is 6.87. The summed E-state index contributed by atoms with van der Waals surface area (Å²) in [6.07, 6.45) is 1.87. The van der Waals surface area contributed by atoms with Gasteiger partial charge in [0, 0.05) is 5.70 Å². The van der Waals surface area contributed by atoms with E-state index in [0.717, 1.165) is 5.56 Å². The lowest BCUT2D eigenvalue weighted by atomic mass is 9.96. The maximum atomic E-state index is 13.3. The number of rotatable bonds is 3. The lowest BCUT2D eigenvalue weighted by Crippen LogP contribution is -2.29. The van der Waals surface area contributed by atoms with Crippen molar-refractivity contribution in [2.45, 2.75) is 18.1 Å². The van der Waals surface area contributed by atoms with Gasteiger partial charge in [-0.3, -0.25) is 0 Å². The molecule has 1 aliphatic rings. The third kappa shape index (κ3) is 2.70. The van der Waals surface area contributed by atoms with E-state index in [1.54, 1.807) is 23.7 Å². The lowest BCUT2D eigenvalue weighted by Gasteiger charge is -2.27. The summed E-state index contributed by atoms with van der Waals surface area (Å²) >= 11 is 1.40.